The number of benzene rings is 2. The van der Waals surface area contributed by atoms with Crippen molar-refractivity contribution in [3.05, 3.63) is 65.2 Å². The van der Waals surface area contributed by atoms with Gasteiger partial charge in [0.25, 0.3) is 0 Å². The number of nitrogens with one attached hydrogen (secondary N) is 1. The monoisotopic (exact) mass is 430 g/mol. The molecule has 1 saturated carbocycles. The van der Waals surface area contributed by atoms with Crippen LogP contribution in [-0.2, 0) is 16.0 Å². The Morgan fingerprint density at radius 2 is 1.94 bits per heavy atom. The fourth-order valence-corrected chi connectivity index (χ4v) is 5.50. The van der Waals surface area contributed by atoms with Crippen molar-refractivity contribution >= 4 is 5.97 Å². The summed E-state index contributed by atoms with van der Waals surface area (Å²) in [5.41, 5.74) is 7.37. The number of carbonyl (C=O) groups is 1. The van der Waals surface area contributed by atoms with E-state index in [2.05, 4.69) is 5.32 Å². The molecule has 4 rings (SSSR count). The zero-order chi connectivity index (χ0) is 22.2. The van der Waals surface area contributed by atoms with Crippen molar-refractivity contribution in [2.75, 3.05) is 14.2 Å². The molecular weight excluding hydrogens is 402 g/mol. The first-order valence-corrected chi connectivity index (χ1v) is 10.6. The van der Waals surface area contributed by atoms with Gasteiger partial charge < -0.3 is 15.2 Å². The van der Waals surface area contributed by atoms with E-state index in [1.807, 2.05) is 30.3 Å². The number of hydrogen-bond donors (Lipinski definition) is 2. The topological polar surface area (TPSA) is 73.6 Å². The van der Waals surface area contributed by atoms with Crippen molar-refractivity contribution in [2.24, 2.45) is 23.5 Å². The average molecular weight is 430 g/mol. The van der Waals surface area contributed by atoms with Gasteiger partial charge in [0.1, 0.15) is 5.82 Å². The molecule has 2 fully saturated rings. The van der Waals surface area contributed by atoms with Gasteiger partial charge >= 0.3 is 5.97 Å². The van der Waals surface area contributed by atoms with E-state index < -0.39 is 23.2 Å². The van der Waals surface area contributed by atoms with Crippen molar-refractivity contribution in [3.8, 4) is 5.75 Å². The smallest absolute Gasteiger partial charge is 0.311 e. The van der Waals surface area contributed by atoms with Crippen LogP contribution in [0.25, 0.3) is 0 Å². The number of methoxy groups -OCH3 is 2. The molecule has 5 atom stereocenters. The Balaban J connectivity index is 1.73. The normalized spacial score (nSPS) is 30.0. The van der Waals surface area contributed by atoms with E-state index in [-0.39, 0.29) is 29.6 Å². The predicted molar refractivity (Wildman–Crippen MR) is 112 cm³/mol. The SMILES string of the molecule is COC(=O)C1CCC2CC1(N)NC(c1ccccc1)C2Cc1cc(F)cc(F)c1OC. The summed E-state index contributed by atoms with van der Waals surface area (Å²) in [4.78, 5) is 12.4. The summed E-state index contributed by atoms with van der Waals surface area (Å²) in [5.74, 6) is -1.83. The van der Waals surface area contributed by atoms with Gasteiger partial charge in [-0.25, -0.2) is 8.78 Å². The van der Waals surface area contributed by atoms with Crippen LogP contribution in [0.5, 0.6) is 5.75 Å². The lowest BCUT2D eigenvalue weighted by molar-refractivity contribution is -0.153. The van der Waals surface area contributed by atoms with Crippen LogP contribution in [0.3, 0.4) is 0 Å². The van der Waals surface area contributed by atoms with Crippen LogP contribution in [0.2, 0.25) is 0 Å². The lowest BCUT2D eigenvalue weighted by Crippen LogP contribution is -2.69. The Bertz CT molecular complexity index is 955. The third-order valence-electron chi connectivity index (χ3n) is 6.90. The van der Waals surface area contributed by atoms with Crippen molar-refractivity contribution in [2.45, 2.75) is 37.4 Å². The molecule has 7 heteroatoms. The summed E-state index contributed by atoms with van der Waals surface area (Å²) in [7, 11) is 2.77. The first-order valence-electron chi connectivity index (χ1n) is 10.6. The summed E-state index contributed by atoms with van der Waals surface area (Å²) in [5, 5.41) is 3.53. The molecule has 0 amide bonds. The third kappa shape index (κ3) is 4.04. The number of rotatable bonds is 5. The van der Waals surface area contributed by atoms with Crippen LogP contribution in [-0.4, -0.2) is 25.9 Å². The van der Waals surface area contributed by atoms with Gasteiger partial charge in [-0.1, -0.05) is 30.3 Å². The first kappa shape index (κ1) is 21.7. The Labute approximate surface area is 180 Å². The summed E-state index contributed by atoms with van der Waals surface area (Å²) >= 11 is 0. The van der Waals surface area contributed by atoms with Gasteiger partial charge in [-0.05, 0) is 49.1 Å². The highest BCUT2D eigenvalue weighted by molar-refractivity contribution is 5.74. The lowest BCUT2D eigenvalue weighted by atomic mass is 9.62. The molecular formula is C24H28F2N2O3. The van der Waals surface area contributed by atoms with E-state index in [4.69, 9.17) is 15.2 Å². The highest BCUT2D eigenvalue weighted by atomic mass is 19.1. The lowest BCUT2D eigenvalue weighted by Gasteiger charge is -2.54. The number of esters is 1. The minimum Gasteiger partial charge on any atom is -0.493 e. The summed E-state index contributed by atoms with van der Waals surface area (Å²) in [6.07, 6.45) is 2.40. The van der Waals surface area contributed by atoms with E-state index in [0.717, 1.165) is 18.1 Å². The maximum absolute atomic E-state index is 14.3. The largest absolute Gasteiger partial charge is 0.493 e. The second-order valence-corrected chi connectivity index (χ2v) is 8.64. The van der Waals surface area contributed by atoms with Crippen LogP contribution in [0, 0.1) is 29.4 Å². The van der Waals surface area contributed by atoms with Gasteiger partial charge in [0, 0.05) is 17.7 Å². The molecule has 0 aromatic heterocycles. The Hall–Kier alpha value is -2.51. The summed E-state index contributed by atoms with van der Waals surface area (Å²) < 4.78 is 38.6. The number of carbonyl (C=O) groups excluding carboxylic acids is 1. The van der Waals surface area contributed by atoms with Crippen LogP contribution in [0.15, 0.2) is 42.5 Å². The molecule has 1 saturated heterocycles. The van der Waals surface area contributed by atoms with Crippen molar-refractivity contribution in [1.82, 2.24) is 5.32 Å². The Morgan fingerprint density at radius 3 is 2.61 bits per heavy atom. The van der Waals surface area contributed by atoms with Gasteiger partial charge in [-0.15, -0.1) is 0 Å². The molecule has 1 aliphatic carbocycles. The second kappa shape index (κ2) is 8.55. The average Bonchev–Trinajstić information content (AvgIpc) is 2.75. The molecule has 1 aliphatic heterocycles. The maximum Gasteiger partial charge on any atom is 0.311 e. The number of halogens is 2. The van der Waals surface area contributed by atoms with Crippen LogP contribution in [0.1, 0.15) is 36.4 Å². The minimum absolute atomic E-state index is 0.0211. The number of hydrogen-bond acceptors (Lipinski definition) is 5. The first-order chi connectivity index (χ1) is 14.9. The second-order valence-electron chi connectivity index (χ2n) is 8.64. The van der Waals surface area contributed by atoms with E-state index in [0.29, 0.717) is 24.8 Å². The summed E-state index contributed by atoms with van der Waals surface area (Å²) in [6, 6.07) is 11.8. The third-order valence-corrected chi connectivity index (χ3v) is 6.90. The van der Waals surface area contributed by atoms with Gasteiger partial charge in [-0.2, -0.15) is 0 Å². The molecule has 31 heavy (non-hydrogen) atoms. The molecule has 5 nitrogen and oxygen atoms in total. The van der Waals surface area contributed by atoms with E-state index in [1.54, 1.807) is 0 Å². The molecule has 5 unspecified atom stereocenters. The van der Waals surface area contributed by atoms with Crippen LogP contribution < -0.4 is 15.8 Å². The Kier molecular flexibility index (Phi) is 5.99. The zero-order valence-corrected chi connectivity index (χ0v) is 17.7. The van der Waals surface area contributed by atoms with E-state index in [1.165, 1.54) is 20.3 Å². The predicted octanol–water partition coefficient (Wildman–Crippen LogP) is 3.72. The van der Waals surface area contributed by atoms with Crippen molar-refractivity contribution in [3.63, 3.8) is 0 Å². The van der Waals surface area contributed by atoms with Gasteiger partial charge in [0.05, 0.1) is 25.8 Å². The number of piperidine rings is 1. The highest BCUT2D eigenvalue weighted by Gasteiger charge is 2.53. The fraction of sp³-hybridized carbons (Fsp3) is 0.458. The Morgan fingerprint density at radius 1 is 1.19 bits per heavy atom. The molecule has 2 bridgehead atoms. The van der Waals surface area contributed by atoms with Crippen molar-refractivity contribution < 1.29 is 23.0 Å². The number of nitrogens with two attached hydrogens (primary N) is 1. The van der Waals surface area contributed by atoms with Crippen LogP contribution >= 0.6 is 0 Å². The fourth-order valence-electron chi connectivity index (χ4n) is 5.50. The number of fused-ring (bicyclic) bond motifs is 2. The van der Waals surface area contributed by atoms with Crippen molar-refractivity contribution in [1.29, 1.82) is 0 Å². The molecule has 0 spiro atoms. The molecule has 166 valence electrons. The standard InChI is InChI=1S/C24H28F2N2O3/c1-30-22-16(10-17(25)12-20(22)26)11-18-15-8-9-19(23(29)31-2)24(27,13-15)28-21(18)14-6-4-3-5-7-14/h3-7,10,12,15,18-19,21,28H,8-9,11,13,27H2,1-2H3. The van der Waals surface area contributed by atoms with Crippen LogP contribution in [0.4, 0.5) is 8.78 Å². The highest BCUT2D eigenvalue weighted by Crippen LogP contribution is 2.49. The molecule has 3 N–H and O–H groups in total. The van der Waals surface area contributed by atoms with Gasteiger partial charge in [0.15, 0.2) is 11.6 Å². The molecule has 1 heterocycles. The van der Waals surface area contributed by atoms with E-state index in [9.17, 15) is 13.6 Å². The quantitative estimate of drug-likeness (QED) is 0.708. The molecule has 2 aromatic rings. The molecule has 2 aliphatic rings. The van der Waals surface area contributed by atoms with Gasteiger partial charge in [0.2, 0.25) is 0 Å². The number of ether oxygens (including phenoxy) is 2. The zero-order valence-electron chi connectivity index (χ0n) is 17.7. The molecule has 2 aromatic carbocycles. The molecule has 0 radical (unpaired) electrons. The van der Waals surface area contributed by atoms with Gasteiger partial charge in [-0.3, -0.25) is 10.1 Å². The minimum atomic E-state index is -0.899. The maximum atomic E-state index is 14.3. The summed E-state index contributed by atoms with van der Waals surface area (Å²) in [6.45, 7) is 0. The van der Waals surface area contributed by atoms with E-state index >= 15 is 0 Å².